The molecule has 1 fully saturated rings. The van der Waals surface area contributed by atoms with E-state index in [0.29, 0.717) is 12.1 Å². The van der Waals surface area contributed by atoms with E-state index in [9.17, 15) is 0 Å². The SMILES string of the molecule is CC(Cl)c1nc2cc(Br)ccc2n1C1CCN(C)C(C)C1. The minimum absolute atomic E-state index is 0.0777. The Morgan fingerprint density at radius 1 is 1.43 bits per heavy atom. The number of imidazole rings is 1. The van der Waals surface area contributed by atoms with Crippen molar-refractivity contribution in [3.8, 4) is 0 Å². The van der Waals surface area contributed by atoms with Gasteiger partial charge in [0.05, 0.1) is 16.4 Å². The number of halogens is 2. The zero-order valence-electron chi connectivity index (χ0n) is 12.7. The lowest BCUT2D eigenvalue weighted by atomic mass is 9.98. The molecule has 5 heteroatoms. The molecule has 0 saturated carbocycles. The fraction of sp³-hybridized carbons (Fsp3) is 0.562. The minimum atomic E-state index is -0.0777. The molecule has 3 rings (SSSR count). The summed E-state index contributed by atoms with van der Waals surface area (Å²) in [5, 5.41) is -0.0777. The summed E-state index contributed by atoms with van der Waals surface area (Å²) in [6, 6.07) is 7.39. The highest BCUT2D eigenvalue weighted by Gasteiger charge is 2.28. The van der Waals surface area contributed by atoms with Gasteiger partial charge in [-0.05, 0) is 51.9 Å². The van der Waals surface area contributed by atoms with Gasteiger partial charge in [0, 0.05) is 23.1 Å². The smallest absolute Gasteiger partial charge is 0.127 e. The first-order valence-corrected chi connectivity index (χ1v) is 8.72. The lowest BCUT2D eigenvalue weighted by molar-refractivity contribution is 0.157. The summed E-state index contributed by atoms with van der Waals surface area (Å²) < 4.78 is 3.44. The largest absolute Gasteiger partial charge is 0.324 e. The van der Waals surface area contributed by atoms with Gasteiger partial charge in [-0.2, -0.15) is 0 Å². The van der Waals surface area contributed by atoms with Crippen LogP contribution < -0.4 is 0 Å². The molecule has 1 aromatic heterocycles. The first-order chi connectivity index (χ1) is 9.97. The zero-order chi connectivity index (χ0) is 15.1. The molecule has 0 amide bonds. The van der Waals surface area contributed by atoms with Crippen molar-refractivity contribution >= 4 is 38.6 Å². The molecule has 0 radical (unpaired) electrons. The molecule has 1 aliphatic rings. The van der Waals surface area contributed by atoms with Crippen molar-refractivity contribution in [3.63, 3.8) is 0 Å². The molecule has 114 valence electrons. The van der Waals surface area contributed by atoms with Crippen LogP contribution in [0.4, 0.5) is 0 Å². The van der Waals surface area contributed by atoms with E-state index in [4.69, 9.17) is 16.6 Å². The summed E-state index contributed by atoms with van der Waals surface area (Å²) >= 11 is 9.93. The molecule has 21 heavy (non-hydrogen) atoms. The topological polar surface area (TPSA) is 21.1 Å². The molecule has 3 atom stereocenters. The van der Waals surface area contributed by atoms with Crippen molar-refractivity contribution in [2.24, 2.45) is 0 Å². The fourth-order valence-electron chi connectivity index (χ4n) is 3.25. The Morgan fingerprint density at radius 2 is 2.19 bits per heavy atom. The van der Waals surface area contributed by atoms with Crippen molar-refractivity contribution in [2.75, 3.05) is 13.6 Å². The first kappa shape index (κ1) is 15.3. The second kappa shape index (κ2) is 5.90. The van der Waals surface area contributed by atoms with E-state index in [2.05, 4.69) is 57.6 Å². The summed E-state index contributed by atoms with van der Waals surface area (Å²) in [6.07, 6.45) is 2.30. The van der Waals surface area contributed by atoms with Crippen LogP contribution in [0.25, 0.3) is 11.0 Å². The van der Waals surface area contributed by atoms with Crippen LogP contribution in [-0.4, -0.2) is 34.1 Å². The molecule has 3 nitrogen and oxygen atoms in total. The number of nitrogens with zero attached hydrogens (tertiary/aromatic N) is 3. The molecule has 0 N–H and O–H groups in total. The van der Waals surface area contributed by atoms with Crippen molar-refractivity contribution in [1.82, 2.24) is 14.5 Å². The van der Waals surface area contributed by atoms with Gasteiger partial charge in [0.25, 0.3) is 0 Å². The van der Waals surface area contributed by atoms with E-state index >= 15 is 0 Å². The third-order valence-corrected chi connectivity index (χ3v) is 5.27. The highest BCUT2D eigenvalue weighted by Crippen LogP contribution is 2.35. The summed E-state index contributed by atoms with van der Waals surface area (Å²) in [6.45, 7) is 5.43. The van der Waals surface area contributed by atoms with Gasteiger partial charge in [0.2, 0.25) is 0 Å². The van der Waals surface area contributed by atoms with Crippen LogP contribution >= 0.6 is 27.5 Å². The molecule has 1 aromatic carbocycles. The molecule has 1 aliphatic heterocycles. The van der Waals surface area contributed by atoms with Gasteiger partial charge in [-0.1, -0.05) is 15.9 Å². The zero-order valence-corrected chi connectivity index (χ0v) is 15.0. The van der Waals surface area contributed by atoms with Gasteiger partial charge in [0.15, 0.2) is 0 Å². The van der Waals surface area contributed by atoms with Crippen LogP contribution in [0, 0.1) is 0 Å². The van der Waals surface area contributed by atoms with Gasteiger partial charge in [-0.25, -0.2) is 4.98 Å². The van der Waals surface area contributed by atoms with Crippen LogP contribution in [0.15, 0.2) is 22.7 Å². The summed E-state index contributed by atoms with van der Waals surface area (Å²) in [7, 11) is 2.20. The normalized spacial score (nSPS) is 25.4. The monoisotopic (exact) mass is 369 g/mol. The van der Waals surface area contributed by atoms with Crippen LogP contribution in [0.3, 0.4) is 0 Å². The lowest BCUT2D eigenvalue weighted by Crippen LogP contribution is -2.38. The predicted molar refractivity (Wildman–Crippen MR) is 92.1 cm³/mol. The molecule has 2 aromatic rings. The average Bonchev–Trinajstić information content (AvgIpc) is 2.80. The van der Waals surface area contributed by atoms with E-state index in [-0.39, 0.29) is 5.38 Å². The van der Waals surface area contributed by atoms with Gasteiger partial charge >= 0.3 is 0 Å². The van der Waals surface area contributed by atoms with Crippen LogP contribution in [0.5, 0.6) is 0 Å². The molecule has 2 heterocycles. The van der Waals surface area contributed by atoms with Crippen molar-refractivity contribution in [1.29, 1.82) is 0 Å². The molecule has 1 saturated heterocycles. The number of likely N-dealkylation sites (tertiary alicyclic amines) is 1. The number of fused-ring (bicyclic) bond motifs is 1. The van der Waals surface area contributed by atoms with Gasteiger partial charge in [-0.3, -0.25) is 0 Å². The third-order valence-electron chi connectivity index (χ3n) is 4.58. The van der Waals surface area contributed by atoms with Crippen molar-refractivity contribution < 1.29 is 0 Å². The van der Waals surface area contributed by atoms with Gasteiger partial charge < -0.3 is 9.47 Å². The Morgan fingerprint density at radius 3 is 2.86 bits per heavy atom. The Labute approximate surface area is 139 Å². The number of benzene rings is 1. The average molecular weight is 371 g/mol. The molecular formula is C16H21BrClN3. The Hall–Kier alpha value is -0.580. The maximum atomic E-state index is 6.40. The summed E-state index contributed by atoms with van der Waals surface area (Å²) in [4.78, 5) is 7.21. The first-order valence-electron chi connectivity index (χ1n) is 7.49. The Bertz CT molecular complexity index is 652. The van der Waals surface area contributed by atoms with Crippen LogP contribution in [-0.2, 0) is 0 Å². The Balaban J connectivity index is 2.09. The lowest BCUT2D eigenvalue weighted by Gasteiger charge is -2.36. The number of piperidine rings is 1. The van der Waals surface area contributed by atoms with Crippen molar-refractivity contribution in [3.05, 3.63) is 28.5 Å². The van der Waals surface area contributed by atoms with E-state index in [1.165, 1.54) is 5.52 Å². The van der Waals surface area contributed by atoms with E-state index in [1.54, 1.807) is 0 Å². The molecular weight excluding hydrogens is 350 g/mol. The van der Waals surface area contributed by atoms with Gasteiger partial charge in [-0.15, -0.1) is 11.6 Å². The number of hydrogen-bond donors (Lipinski definition) is 0. The molecule has 0 spiro atoms. The highest BCUT2D eigenvalue weighted by molar-refractivity contribution is 9.10. The number of aromatic nitrogens is 2. The maximum Gasteiger partial charge on any atom is 0.127 e. The third kappa shape index (κ3) is 2.86. The summed E-state index contributed by atoms with van der Waals surface area (Å²) in [5.41, 5.74) is 2.22. The number of alkyl halides is 1. The standard InChI is InChI=1S/C16H21BrClN3/c1-10-8-13(6-7-20(10)3)21-15-5-4-12(17)9-14(15)19-16(21)11(2)18/h4-5,9-11,13H,6-8H2,1-3H3. The molecule has 0 aliphatic carbocycles. The van der Waals surface area contributed by atoms with Crippen LogP contribution in [0.2, 0.25) is 0 Å². The molecule has 3 unspecified atom stereocenters. The van der Waals surface area contributed by atoms with E-state index in [1.807, 2.05) is 6.92 Å². The number of rotatable bonds is 2. The van der Waals surface area contributed by atoms with E-state index < -0.39 is 0 Å². The van der Waals surface area contributed by atoms with E-state index in [0.717, 1.165) is 35.2 Å². The summed E-state index contributed by atoms with van der Waals surface area (Å²) in [5.74, 6) is 0.992. The van der Waals surface area contributed by atoms with Crippen molar-refractivity contribution in [2.45, 2.75) is 44.1 Å². The molecule has 0 bridgehead atoms. The highest BCUT2D eigenvalue weighted by atomic mass is 79.9. The Kier molecular flexibility index (Phi) is 4.30. The maximum absolute atomic E-state index is 6.40. The predicted octanol–water partition coefficient (Wildman–Crippen LogP) is 4.75. The number of hydrogen-bond acceptors (Lipinski definition) is 2. The quantitative estimate of drug-likeness (QED) is 0.711. The second-order valence-corrected chi connectivity index (χ2v) is 7.67. The minimum Gasteiger partial charge on any atom is -0.324 e. The van der Waals surface area contributed by atoms with Gasteiger partial charge in [0.1, 0.15) is 5.82 Å². The fourth-order valence-corrected chi connectivity index (χ4v) is 3.76. The second-order valence-electron chi connectivity index (χ2n) is 6.10. The van der Waals surface area contributed by atoms with Crippen LogP contribution in [0.1, 0.15) is 43.9 Å².